The van der Waals surface area contributed by atoms with Gasteiger partial charge in [-0.3, -0.25) is 9.69 Å². The van der Waals surface area contributed by atoms with Crippen LogP contribution >= 0.6 is 46.4 Å². The summed E-state index contributed by atoms with van der Waals surface area (Å²) < 4.78 is 44.1. The molecule has 0 fully saturated rings. The van der Waals surface area contributed by atoms with E-state index < -0.39 is 36.7 Å². The molecule has 0 bridgehead atoms. The largest absolute Gasteiger partial charge is 0.415 e. The summed E-state index contributed by atoms with van der Waals surface area (Å²) in [4.78, 5) is 38.9. The Balaban J connectivity index is 2.58. The average molecular weight is 588 g/mol. The summed E-state index contributed by atoms with van der Waals surface area (Å²) in [5.74, 6) is -1.31. The minimum absolute atomic E-state index is 0.0357. The van der Waals surface area contributed by atoms with E-state index in [2.05, 4.69) is 0 Å². The molecule has 2 aromatic rings. The number of carbonyl (C=O) groups is 3. The first kappa shape index (κ1) is 30.0. The predicted molar refractivity (Wildman–Crippen MR) is 132 cm³/mol. The number of aldehydes is 1. The number of hydrogen-bond acceptors (Lipinski definition) is 4. The number of rotatable bonds is 9. The average Bonchev–Trinajstić information content (AvgIpc) is 2.79. The van der Waals surface area contributed by atoms with Gasteiger partial charge in [0.25, 0.3) is 0 Å². The van der Waals surface area contributed by atoms with Crippen molar-refractivity contribution in [2.45, 2.75) is 31.0 Å². The van der Waals surface area contributed by atoms with Gasteiger partial charge in [-0.1, -0.05) is 58.5 Å². The van der Waals surface area contributed by atoms with Crippen LogP contribution in [0.2, 0.25) is 20.1 Å². The standard InChI is InChI=1S/C23H21Cl4F3N2O4/c1-31(19(34)12-23(28,29)30)13-22(9-4-10-33,14-7-8-15(24)17(26)11-14)32(2)21(35)36-18-6-3-5-16(25)20(18)27/h3,5-8,10-11H,4,9,12-13H2,1-2H3/t22-/m1/s1. The molecule has 0 aromatic heterocycles. The second-order valence-corrected chi connectivity index (χ2v) is 9.49. The van der Waals surface area contributed by atoms with E-state index in [1.165, 1.54) is 43.4 Å². The molecular formula is C23H21Cl4F3N2O4. The van der Waals surface area contributed by atoms with Gasteiger partial charge in [-0.25, -0.2) is 4.79 Å². The molecule has 0 aliphatic heterocycles. The molecule has 1 atom stereocenters. The summed E-state index contributed by atoms with van der Waals surface area (Å²) in [6.45, 7) is -0.428. The zero-order valence-electron chi connectivity index (χ0n) is 19.0. The van der Waals surface area contributed by atoms with E-state index in [1.807, 2.05) is 0 Å². The lowest BCUT2D eigenvalue weighted by Crippen LogP contribution is -2.55. The fourth-order valence-electron chi connectivity index (χ4n) is 3.55. The molecule has 2 rings (SSSR count). The van der Waals surface area contributed by atoms with Gasteiger partial charge in [-0.2, -0.15) is 13.2 Å². The van der Waals surface area contributed by atoms with E-state index in [0.29, 0.717) is 11.8 Å². The number of alkyl halides is 3. The summed E-state index contributed by atoms with van der Waals surface area (Å²) >= 11 is 24.3. The summed E-state index contributed by atoms with van der Waals surface area (Å²) in [7, 11) is 2.48. The first-order valence-corrected chi connectivity index (χ1v) is 11.8. The third-order valence-electron chi connectivity index (χ3n) is 5.44. The van der Waals surface area contributed by atoms with E-state index >= 15 is 0 Å². The molecule has 2 amide bonds. The summed E-state index contributed by atoms with van der Waals surface area (Å²) in [5.41, 5.74) is -1.24. The molecule has 13 heteroatoms. The van der Waals surface area contributed by atoms with Crippen LogP contribution in [0.15, 0.2) is 36.4 Å². The maximum absolute atomic E-state index is 13.3. The van der Waals surface area contributed by atoms with Crippen molar-refractivity contribution in [2.24, 2.45) is 0 Å². The molecule has 0 spiro atoms. The minimum atomic E-state index is -4.74. The Morgan fingerprint density at radius 1 is 1.00 bits per heavy atom. The Morgan fingerprint density at radius 2 is 1.67 bits per heavy atom. The highest BCUT2D eigenvalue weighted by Crippen LogP contribution is 2.39. The van der Waals surface area contributed by atoms with Crippen molar-refractivity contribution in [1.29, 1.82) is 0 Å². The van der Waals surface area contributed by atoms with Gasteiger partial charge in [0.05, 0.1) is 20.6 Å². The van der Waals surface area contributed by atoms with Gasteiger partial charge in [-0.15, -0.1) is 0 Å². The third kappa shape index (κ3) is 7.41. The van der Waals surface area contributed by atoms with E-state index in [-0.39, 0.29) is 38.7 Å². The fourth-order valence-corrected chi connectivity index (χ4v) is 4.18. The maximum Gasteiger partial charge on any atom is 0.415 e. The highest BCUT2D eigenvalue weighted by Gasteiger charge is 2.43. The molecular weight excluding hydrogens is 567 g/mol. The Hall–Kier alpha value is -2.20. The molecule has 196 valence electrons. The first-order chi connectivity index (χ1) is 16.7. The highest BCUT2D eigenvalue weighted by atomic mass is 35.5. The quantitative estimate of drug-likeness (QED) is 0.296. The molecule has 0 aliphatic carbocycles. The molecule has 36 heavy (non-hydrogen) atoms. The topological polar surface area (TPSA) is 66.9 Å². The number of amides is 2. The molecule has 0 heterocycles. The predicted octanol–water partition coefficient (Wildman–Crippen LogP) is 7.02. The van der Waals surface area contributed by atoms with Crippen LogP contribution in [-0.2, 0) is 15.1 Å². The van der Waals surface area contributed by atoms with Crippen molar-refractivity contribution in [3.8, 4) is 5.75 Å². The number of benzene rings is 2. The Bertz CT molecular complexity index is 1130. The van der Waals surface area contributed by atoms with Crippen LogP contribution < -0.4 is 4.74 Å². The second kappa shape index (κ2) is 12.4. The lowest BCUT2D eigenvalue weighted by Gasteiger charge is -2.44. The van der Waals surface area contributed by atoms with Gasteiger partial charge < -0.3 is 14.4 Å². The normalized spacial score (nSPS) is 13.0. The molecule has 0 saturated heterocycles. The number of halogens is 7. The van der Waals surface area contributed by atoms with E-state index in [4.69, 9.17) is 51.1 Å². The van der Waals surface area contributed by atoms with Crippen molar-refractivity contribution in [3.05, 3.63) is 62.1 Å². The van der Waals surface area contributed by atoms with Crippen LogP contribution in [0.4, 0.5) is 18.0 Å². The lowest BCUT2D eigenvalue weighted by atomic mass is 9.83. The molecule has 0 radical (unpaired) electrons. The minimum Gasteiger partial charge on any atom is -0.409 e. The van der Waals surface area contributed by atoms with Crippen molar-refractivity contribution >= 4 is 64.7 Å². The molecule has 0 saturated carbocycles. The Kier molecular flexibility index (Phi) is 10.3. The zero-order chi connectivity index (χ0) is 27.3. The number of ether oxygens (including phenoxy) is 1. The van der Waals surface area contributed by atoms with E-state index in [9.17, 15) is 27.6 Å². The molecule has 2 aromatic carbocycles. The summed E-state index contributed by atoms with van der Waals surface area (Å²) in [6, 6.07) is 8.71. The van der Waals surface area contributed by atoms with Gasteiger partial charge in [0.2, 0.25) is 5.91 Å². The van der Waals surface area contributed by atoms with Crippen LogP contribution in [0.1, 0.15) is 24.8 Å². The van der Waals surface area contributed by atoms with Gasteiger partial charge in [-0.05, 0) is 36.2 Å². The van der Waals surface area contributed by atoms with Crippen molar-refractivity contribution in [3.63, 3.8) is 0 Å². The SMILES string of the molecule is CN(C[C@](CCC=O)(c1ccc(Cl)c(Cl)c1)N(C)C(=O)Oc1cccc(Cl)c1Cl)C(=O)CC(F)(F)F. The first-order valence-electron chi connectivity index (χ1n) is 10.3. The van der Waals surface area contributed by atoms with Crippen LogP contribution in [0, 0.1) is 0 Å². The van der Waals surface area contributed by atoms with Gasteiger partial charge in [0, 0.05) is 27.1 Å². The van der Waals surface area contributed by atoms with Crippen molar-refractivity contribution in [1.82, 2.24) is 9.80 Å². The van der Waals surface area contributed by atoms with Crippen LogP contribution in [0.5, 0.6) is 5.75 Å². The number of carbonyl (C=O) groups excluding carboxylic acids is 3. The Morgan fingerprint density at radius 3 is 2.25 bits per heavy atom. The smallest absolute Gasteiger partial charge is 0.409 e. The number of nitrogens with zero attached hydrogens (tertiary/aromatic N) is 2. The maximum atomic E-state index is 13.3. The number of hydrogen-bond donors (Lipinski definition) is 0. The van der Waals surface area contributed by atoms with Crippen molar-refractivity contribution in [2.75, 3.05) is 20.6 Å². The van der Waals surface area contributed by atoms with Crippen LogP contribution in [0.3, 0.4) is 0 Å². The monoisotopic (exact) mass is 586 g/mol. The van der Waals surface area contributed by atoms with Crippen LogP contribution in [0.25, 0.3) is 0 Å². The molecule has 0 N–H and O–H groups in total. The van der Waals surface area contributed by atoms with Gasteiger partial charge in [0.1, 0.15) is 17.7 Å². The summed E-state index contributed by atoms with van der Waals surface area (Å²) in [6.07, 6.45) is -7.05. The van der Waals surface area contributed by atoms with Crippen LogP contribution in [-0.4, -0.2) is 54.9 Å². The molecule has 6 nitrogen and oxygen atoms in total. The third-order valence-corrected chi connectivity index (χ3v) is 6.98. The Labute approximate surface area is 225 Å². The van der Waals surface area contributed by atoms with E-state index in [0.717, 1.165) is 16.8 Å². The molecule has 0 aliphatic rings. The van der Waals surface area contributed by atoms with Crippen molar-refractivity contribution < 1.29 is 32.3 Å². The second-order valence-electron chi connectivity index (χ2n) is 7.89. The number of likely N-dealkylation sites (N-methyl/N-ethyl adjacent to an activating group) is 2. The fraction of sp³-hybridized carbons (Fsp3) is 0.348. The highest BCUT2D eigenvalue weighted by molar-refractivity contribution is 6.43. The van der Waals surface area contributed by atoms with E-state index in [1.54, 1.807) is 0 Å². The summed E-state index contributed by atoms with van der Waals surface area (Å²) in [5, 5.41) is 0.362. The lowest BCUT2D eigenvalue weighted by molar-refractivity contribution is -0.161. The zero-order valence-corrected chi connectivity index (χ0v) is 22.1. The van der Waals surface area contributed by atoms with Gasteiger partial charge in [0.15, 0.2) is 5.75 Å². The van der Waals surface area contributed by atoms with Gasteiger partial charge >= 0.3 is 12.3 Å². The molecule has 0 unspecified atom stereocenters.